The van der Waals surface area contributed by atoms with E-state index < -0.39 is 0 Å². The Bertz CT molecular complexity index is 275. The summed E-state index contributed by atoms with van der Waals surface area (Å²) in [7, 11) is 3.76. The summed E-state index contributed by atoms with van der Waals surface area (Å²) in [6.07, 6.45) is 1.86. The quantitative estimate of drug-likeness (QED) is 0.700. The van der Waals surface area contributed by atoms with Gasteiger partial charge in [-0.3, -0.25) is 9.69 Å². The molecule has 0 aliphatic carbocycles. The van der Waals surface area contributed by atoms with Crippen molar-refractivity contribution in [2.24, 2.45) is 0 Å². The van der Waals surface area contributed by atoms with Crippen LogP contribution in [0, 0.1) is 0 Å². The smallest absolute Gasteiger partial charge is 0.241 e. The first-order valence-corrected chi connectivity index (χ1v) is 5.71. The zero-order chi connectivity index (χ0) is 12.3. The minimum absolute atomic E-state index is 0.0685. The SMILES string of the molecule is C=CCN1CC(C)(C)N(C)C(=O)C1CNC. The molecule has 92 valence electrons. The van der Waals surface area contributed by atoms with Gasteiger partial charge in [-0.05, 0) is 20.9 Å². The third-order valence-corrected chi connectivity index (χ3v) is 3.32. The molecule has 4 heteroatoms. The van der Waals surface area contributed by atoms with E-state index in [-0.39, 0.29) is 17.5 Å². The highest BCUT2D eigenvalue weighted by molar-refractivity contribution is 5.83. The zero-order valence-electron chi connectivity index (χ0n) is 10.8. The van der Waals surface area contributed by atoms with E-state index in [0.717, 1.165) is 13.1 Å². The molecule has 4 nitrogen and oxygen atoms in total. The molecule has 0 aromatic carbocycles. The first kappa shape index (κ1) is 13.2. The molecule has 16 heavy (non-hydrogen) atoms. The lowest BCUT2D eigenvalue weighted by Gasteiger charge is -2.48. The van der Waals surface area contributed by atoms with Gasteiger partial charge in [-0.1, -0.05) is 6.08 Å². The largest absolute Gasteiger partial charge is 0.338 e. The lowest BCUT2D eigenvalue weighted by molar-refractivity contribution is -0.148. The molecule has 0 aromatic heterocycles. The average Bonchev–Trinajstić information content (AvgIpc) is 2.21. The Morgan fingerprint density at radius 1 is 1.62 bits per heavy atom. The molecule has 1 rings (SSSR count). The fourth-order valence-corrected chi connectivity index (χ4v) is 2.16. The van der Waals surface area contributed by atoms with E-state index >= 15 is 0 Å². The van der Waals surface area contributed by atoms with Crippen molar-refractivity contribution in [3.63, 3.8) is 0 Å². The number of hydrogen-bond acceptors (Lipinski definition) is 3. The van der Waals surface area contributed by atoms with E-state index in [2.05, 4.69) is 30.6 Å². The maximum absolute atomic E-state index is 12.2. The standard InChI is InChI=1S/C12H23N3O/c1-6-7-15-9-12(2,3)14(5)11(16)10(15)8-13-4/h6,10,13H,1,7-9H2,2-5H3. The molecule has 1 N–H and O–H groups in total. The molecule has 1 saturated heterocycles. The Morgan fingerprint density at radius 2 is 2.25 bits per heavy atom. The molecule has 1 heterocycles. The van der Waals surface area contributed by atoms with Crippen LogP contribution < -0.4 is 5.32 Å². The predicted octanol–water partition coefficient (Wildman–Crippen LogP) is 0.313. The summed E-state index contributed by atoms with van der Waals surface area (Å²) in [4.78, 5) is 16.3. The van der Waals surface area contributed by atoms with Gasteiger partial charge in [0.15, 0.2) is 0 Å². The van der Waals surface area contributed by atoms with Crippen LogP contribution in [0.3, 0.4) is 0 Å². The predicted molar refractivity (Wildman–Crippen MR) is 66.3 cm³/mol. The molecule has 1 aliphatic rings. The average molecular weight is 225 g/mol. The van der Waals surface area contributed by atoms with Crippen LogP contribution in [0.5, 0.6) is 0 Å². The molecular weight excluding hydrogens is 202 g/mol. The highest BCUT2D eigenvalue weighted by atomic mass is 16.2. The van der Waals surface area contributed by atoms with Gasteiger partial charge in [-0.15, -0.1) is 6.58 Å². The number of carbonyl (C=O) groups is 1. The van der Waals surface area contributed by atoms with Crippen molar-refractivity contribution in [1.82, 2.24) is 15.1 Å². The fourth-order valence-electron chi connectivity index (χ4n) is 2.16. The summed E-state index contributed by atoms with van der Waals surface area (Å²) in [5.41, 5.74) is -0.107. The van der Waals surface area contributed by atoms with Crippen molar-refractivity contribution < 1.29 is 4.79 Å². The number of carbonyl (C=O) groups excluding carboxylic acids is 1. The lowest BCUT2D eigenvalue weighted by Crippen LogP contribution is -2.66. The molecule has 1 atom stereocenters. The van der Waals surface area contributed by atoms with Crippen molar-refractivity contribution in [2.45, 2.75) is 25.4 Å². The van der Waals surface area contributed by atoms with Crippen molar-refractivity contribution >= 4 is 5.91 Å². The summed E-state index contributed by atoms with van der Waals surface area (Å²) in [5.74, 6) is 0.187. The molecule has 1 amide bonds. The number of hydrogen-bond donors (Lipinski definition) is 1. The molecule has 1 aliphatic heterocycles. The van der Waals surface area contributed by atoms with E-state index in [1.807, 2.05) is 25.1 Å². The second-order valence-electron chi connectivity index (χ2n) is 5.00. The van der Waals surface area contributed by atoms with Crippen molar-refractivity contribution in [1.29, 1.82) is 0 Å². The maximum Gasteiger partial charge on any atom is 0.241 e. The molecule has 0 bridgehead atoms. The van der Waals surface area contributed by atoms with E-state index in [1.165, 1.54) is 0 Å². The van der Waals surface area contributed by atoms with Gasteiger partial charge in [0.1, 0.15) is 6.04 Å². The Balaban J connectivity index is 2.88. The second-order valence-corrected chi connectivity index (χ2v) is 5.00. The molecule has 0 radical (unpaired) electrons. The number of piperazine rings is 1. The van der Waals surface area contributed by atoms with Gasteiger partial charge >= 0.3 is 0 Å². The van der Waals surface area contributed by atoms with Crippen molar-refractivity contribution in [2.75, 3.05) is 33.7 Å². The van der Waals surface area contributed by atoms with Gasteiger partial charge < -0.3 is 10.2 Å². The first-order valence-electron chi connectivity index (χ1n) is 5.71. The Hall–Kier alpha value is -0.870. The minimum Gasteiger partial charge on any atom is -0.338 e. The minimum atomic E-state index is -0.107. The van der Waals surface area contributed by atoms with Gasteiger partial charge in [-0.25, -0.2) is 0 Å². The summed E-state index contributed by atoms with van der Waals surface area (Å²) < 4.78 is 0. The Kier molecular flexibility index (Phi) is 4.10. The number of nitrogens with one attached hydrogen (secondary N) is 1. The summed E-state index contributed by atoms with van der Waals surface area (Å²) in [6, 6.07) is -0.0685. The Morgan fingerprint density at radius 3 is 2.75 bits per heavy atom. The van der Waals surface area contributed by atoms with Crippen LogP contribution in [-0.4, -0.2) is 61.0 Å². The highest BCUT2D eigenvalue weighted by Gasteiger charge is 2.41. The number of nitrogens with zero attached hydrogens (tertiary/aromatic N) is 2. The van der Waals surface area contributed by atoms with Crippen LogP contribution in [0.15, 0.2) is 12.7 Å². The fraction of sp³-hybridized carbons (Fsp3) is 0.750. The lowest BCUT2D eigenvalue weighted by atomic mass is 9.95. The third-order valence-electron chi connectivity index (χ3n) is 3.32. The normalized spacial score (nSPS) is 25.9. The van der Waals surface area contributed by atoms with Crippen LogP contribution in [0.4, 0.5) is 0 Å². The van der Waals surface area contributed by atoms with Gasteiger partial charge in [0.05, 0.1) is 0 Å². The van der Waals surface area contributed by atoms with Gasteiger partial charge in [0.25, 0.3) is 0 Å². The topological polar surface area (TPSA) is 35.6 Å². The van der Waals surface area contributed by atoms with E-state index in [9.17, 15) is 4.79 Å². The van der Waals surface area contributed by atoms with E-state index in [0.29, 0.717) is 6.54 Å². The monoisotopic (exact) mass is 225 g/mol. The zero-order valence-corrected chi connectivity index (χ0v) is 10.8. The van der Waals surface area contributed by atoms with Gasteiger partial charge in [0, 0.05) is 32.2 Å². The van der Waals surface area contributed by atoms with Crippen molar-refractivity contribution in [3.8, 4) is 0 Å². The van der Waals surface area contributed by atoms with E-state index in [4.69, 9.17) is 0 Å². The van der Waals surface area contributed by atoms with Gasteiger partial charge in [0.2, 0.25) is 5.91 Å². The molecule has 0 saturated carbocycles. The van der Waals surface area contributed by atoms with Crippen LogP contribution in [0.1, 0.15) is 13.8 Å². The first-order chi connectivity index (χ1) is 7.44. The van der Waals surface area contributed by atoms with Crippen LogP contribution in [0.25, 0.3) is 0 Å². The van der Waals surface area contributed by atoms with E-state index in [1.54, 1.807) is 0 Å². The molecule has 1 fully saturated rings. The number of likely N-dealkylation sites (N-methyl/N-ethyl adjacent to an activating group) is 2. The Labute approximate surface area is 98.3 Å². The number of amides is 1. The maximum atomic E-state index is 12.2. The summed E-state index contributed by atoms with van der Waals surface area (Å²) in [6.45, 7) is 10.3. The molecule has 1 unspecified atom stereocenters. The van der Waals surface area contributed by atoms with Crippen LogP contribution >= 0.6 is 0 Å². The molecule has 0 spiro atoms. The molecule has 0 aromatic rings. The van der Waals surface area contributed by atoms with Crippen LogP contribution in [-0.2, 0) is 4.79 Å². The third kappa shape index (κ3) is 2.44. The summed E-state index contributed by atoms with van der Waals surface area (Å²) in [5, 5.41) is 3.08. The highest BCUT2D eigenvalue weighted by Crippen LogP contribution is 2.23. The summed E-state index contributed by atoms with van der Waals surface area (Å²) >= 11 is 0. The van der Waals surface area contributed by atoms with Crippen molar-refractivity contribution in [3.05, 3.63) is 12.7 Å². The number of rotatable bonds is 4. The second kappa shape index (κ2) is 4.97. The van der Waals surface area contributed by atoms with Gasteiger partial charge in [-0.2, -0.15) is 0 Å². The molecular formula is C12H23N3O. The van der Waals surface area contributed by atoms with Crippen LogP contribution in [0.2, 0.25) is 0 Å².